The SMILES string of the molecule is O=c1c2cc(I)ccc2nc(C=Cc2ccc3c(c2)OCO3)n1-c1cccc2ccccc12. The van der Waals surface area contributed by atoms with Crippen LogP contribution in [0.4, 0.5) is 0 Å². The van der Waals surface area contributed by atoms with E-state index in [1.54, 1.807) is 4.57 Å². The molecule has 0 bridgehead atoms. The number of fused-ring (bicyclic) bond motifs is 3. The zero-order valence-electron chi connectivity index (χ0n) is 17.4. The lowest BCUT2D eigenvalue weighted by atomic mass is 10.1. The fourth-order valence-corrected chi connectivity index (χ4v) is 4.60. The van der Waals surface area contributed by atoms with Gasteiger partial charge in [0.05, 0.1) is 16.6 Å². The summed E-state index contributed by atoms with van der Waals surface area (Å²) in [4.78, 5) is 18.6. The minimum absolute atomic E-state index is 0.0970. The Kier molecular flexibility index (Phi) is 4.87. The molecule has 33 heavy (non-hydrogen) atoms. The monoisotopic (exact) mass is 544 g/mol. The highest BCUT2D eigenvalue weighted by Crippen LogP contribution is 2.33. The summed E-state index contributed by atoms with van der Waals surface area (Å²) < 4.78 is 13.6. The van der Waals surface area contributed by atoms with Crippen molar-refractivity contribution in [3.05, 3.63) is 104 Å². The third kappa shape index (κ3) is 3.56. The van der Waals surface area contributed by atoms with E-state index in [2.05, 4.69) is 22.6 Å². The van der Waals surface area contributed by atoms with Gasteiger partial charge in [0.15, 0.2) is 11.5 Å². The third-order valence-electron chi connectivity index (χ3n) is 5.69. The van der Waals surface area contributed by atoms with Crippen molar-refractivity contribution in [2.24, 2.45) is 0 Å². The Morgan fingerprint density at radius 2 is 1.70 bits per heavy atom. The van der Waals surface area contributed by atoms with Gasteiger partial charge in [0.2, 0.25) is 6.79 Å². The zero-order chi connectivity index (χ0) is 22.4. The quantitative estimate of drug-likeness (QED) is 0.260. The fourth-order valence-electron chi connectivity index (χ4n) is 4.11. The van der Waals surface area contributed by atoms with Crippen molar-refractivity contribution < 1.29 is 9.47 Å². The van der Waals surface area contributed by atoms with Gasteiger partial charge in [-0.1, -0.05) is 48.5 Å². The van der Waals surface area contributed by atoms with Crippen LogP contribution in [0.5, 0.6) is 11.5 Å². The standard InChI is InChI=1S/C27H17IN2O3/c28-19-10-11-22-21(15-19)27(31)30(23-7-3-5-18-4-1-2-6-20(18)23)26(29-22)13-9-17-8-12-24-25(14-17)33-16-32-24/h1-15H,16H2. The molecule has 0 atom stereocenters. The average Bonchev–Trinajstić information content (AvgIpc) is 3.31. The molecule has 0 N–H and O–H groups in total. The molecular formula is C27H17IN2O3. The first-order valence-electron chi connectivity index (χ1n) is 10.5. The Labute approximate surface area is 203 Å². The lowest BCUT2D eigenvalue weighted by Gasteiger charge is -2.14. The Morgan fingerprint density at radius 3 is 2.64 bits per heavy atom. The molecule has 0 saturated heterocycles. The smallest absolute Gasteiger partial charge is 0.266 e. The predicted octanol–water partition coefficient (Wildman–Crippen LogP) is 6.04. The maximum absolute atomic E-state index is 13.8. The first-order chi connectivity index (χ1) is 16.2. The van der Waals surface area contributed by atoms with E-state index in [0.717, 1.165) is 31.3 Å². The highest BCUT2D eigenvalue weighted by Gasteiger charge is 2.15. The number of aromatic nitrogens is 2. The number of benzene rings is 4. The molecule has 2 heterocycles. The van der Waals surface area contributed by atoms with E-state index < -0.39 is 0 Å². The normalized spacial score (nSPS) is 12.8. The van der Waals surface area contributed by atoms with Crippen LogP contribution < -0.4 is 15.0 Å². The lowest BCUT2D eigenvalue weighted by molar-refractivity contribution is 0.174. The van der Waals surface area contributed by atoms with Crippen molar-refractivity contribution in [1.82, 2.24) is 9.55 Å². The molecule has 6 heteroatoms. The van der Waals surface area contributed by atoms with Crippen molar-refractivity contribution in [3.63, 3.8) is 0 Å². The van der Waals surface area contributed by atoms with Gasteiger partial charge in [-0.3, -0.25) is 9.36 Å². The topological polar surface area (TPSA) is 53.4 Å². The van der Waals surface area contributed by atoms with Gasteiger partial charge >= 0.3 is 0 Å². The molecule has 0 aliphatic carbocycles. The Hall–Kier alpha value is -3.65. The maximum Gasteiger partial charge on any atom is 0.266 e. The summed E-state index contributed by atoms with van der Waals surface area (Å²) in [6.07, 6.45) is 3.81. The summed E-state index contributed by atoms with van der Waals surface area (Å²) in [5, 5.41) is 2.65. The molecule has 1 aromatic heterocycles. The second kappa shape index (κ2) is 8.04. The molecule has 0 radical (unpaired) electrons. The van der Waals surface area contributed by atoms with Crippen molar-refractivity contribution in [1.29, 1.82) is 0 Å². The first kappa shape index (κ1) is 20.0. The van der Waals surface area contributed by atoms with Crippen LogP contribution in [0.25, 0.3) is 39.5 Å². The summed E-state index contributed by atoms with van der Waals surface area (Å²) in [5.74, 6) is 2.01. The number of hydrogen-bond donors (Lipinski definition) is 0. The van der Waals surface area contributed by atoms with Gasteiger partial charge in [-0.2, -0.15) is 0 Å². The molecule has 0 fully saturated rings. The number of hydrogen-bond acceptors (Lipinski definition) is 4. The molecular weight excluding hydrogens is 527 g/mol. The highest BCUT2D eigenvalue weighted by atomic mass is 127. The maximum atomic E-state index is 13.8. The summed E-state index contributed by atoms with van der Waals surface area (Å²) >= 11 is 2.22. The van der Waals surface area contributed by atoms with Crippen LogP contribution in [0.3, 0.4) is 0 Å². The van der Waals surface area contributed by atoms with E-state index >= 15 is 0 Å². The molecule has 0 amide bonds. The summed E-state index contributed by atoms with van der Waals surface area (Å²) in [6.45, 7) is 0.230. The van der Waals surface area contributed by atoms with Gasteiger partial charge in [-0.25, -0.2) is 4.98 Å². The van der Waals surface area contributed by atoms with E-state index in [9.17, 15) is 4.79 Å². The van der Waals surface area contributed by atoms with Crippen LogP contribution in [0.1, 0.15) is 11.4 Å². The van der Waals surface area contributed by atoms with Crippen molar-refractivity contribution in [2.75, 3.05) is 6.79 Å². The minimum Gasteiger partial charge on any atom is -0.454 e. The molecule has 5 aromatic rings. The Bertz CT molecular complexity index is 1630. The number of ether oxygens (including phenoxy) is 2. The molecule has 0 spiro atoms. The van der Waals surface area contributed by atoms with Gasteiger partial charge in [-0.05, 0) is 76.0 Å². The molecule has 1 aliphatic heterocycles. The van der Waals surface area contributed by atoms with Gasteiger partial charge in [-0.15, -0.1) is 0 Å². The largest absolute Gasteiger partial charge is 0.454 e. The van der Waals surface area contributed by atoms with E-state index in [-0.39, 0.29) is 12.4 Å². The van der Waals surface area contributed by atoms with Crippen LogP contribution in [0.2, 0.25) is 0 Å². The molecule has 160 valence electrons. The molecule has 0 saturated carbocycles. The molecule has 6 rings (SSSR count). The van der Waals surface area contributed by atoms with Crippen molar-refractivity contribution >= 4 is 56.4 Å². The van der Waals surface area contributed by atoms with Crippen LogP contribution in [-0.2, 0) is 0 Å². The number of halogens is 1. The third-order valence-corrected chi connectivity index (χ3v) is 6.36. The van der Waals surface area contributed by atoms with E-state index in [4.69, 9.17) is 14.5 Å². The van der Waals surface area contributed by atoms with Crippen molar-refractivity contribution in [2.45, 2.75) is 0 Å². The molecule has 1 aliphatic rings. The zero-order valence-corrected chi connectivity index (χ0v) is 19.5. The molecule has 4 aromatic carbocycles. The fraction of sp³-hybridized carbons (Fsp3) is 0.0370. The van der Waals surface area contributed by atoms with Crippen LogP contribution >= 0.6 is 22.6 Å². The molecule has 5 nitrogen and oxygen atoms in total. The minimum atomic E-state index is -0.0970. The van der Waals surface area contributed by atoms with Gasteiger partial charge in [0.25, 0.3) is 5.56 Å². The Balaban J connectivity index is 1.59. The van der Waals surface area contributed by atoms with E-state index in [1.165, 1.54) is 0 Å². The first-order valence-corrected chi connectivity index (χ1v) is 11.5. The second-order valence-electron chi connectivity index (χ2n) is 7.72. The summed E-state index contributed by atoms with van der Waals surface area (Å²) in [7, 11) is 0. The summed E-state index contributed by atoms with van der Waals surface area (Å²) in [6, 6.07) is 25.5. The van der Waals surface area contributed by atoms with Crippen LogP contribution in [0.15, 0.2) is 83.7 Å². The van der Waals surface area contributed by atoms with Gasteiger partial charge < -0.3 is 9.47 Å². The number of nitrogens with zero attached hydrogens (tertiary/aromatic N) is 2. The van der Waals surface area contributed by atoms with Crippen LogP contribution in [-0.4, -0.2) is 16.3 Å². The Morgan fingerprint density at radius 1 is 0.848 bits per heavy atom. The van der Waals surface area contributed by atoms with Gasteiger partial charge in [0.1, 0.15) is 5.82 Å². The molecule has 0 unspecified atom stereocenters. The summed E-state index contributed by atoms with van der Waals surface area (Å²) in [5.41, 5.74) is 2.31. The van der Waals surface area contributed by atoms with Crippen molar-refractivity contribution in [3.8, 4) is 17.2 Å². The van der Waals surface area contributed by atoms with Gasteiger partial charge in [0, 0.05) is 8.96 Å². The van der Waals surface area contributed by atoms with E-state index in [1.807, 2.05) is 91.0 Å². The highest BCUT2D eigenvalue weighted by molar-refractivity contribution is 14.1. The second-order valence-corrected chi connectivity index (χ2v) is 8.96. The lowest BCUT2D eigenvalue weighted by Crippen LogP contribution is -2.22. The average molecular weight is 544 g/mol. The number of rotatable bonds is 3. The van der Waals surface area contributed by atoms with Crippen LogP contribution in [0, 0.1) is 3.57 Å². The van der Waals surface area contributed by atoms with E-state index in [0.29, 0.717) is 22.5 Å². The predicted molar refractivity (Wildman–Crippen MR) is 139 cm³/mol.